The highest BCUT2D eigenvalue weighted by Crippen LogP contribution is 2.12. The van der Waals surface area contributed by atoms with E-state index in [1.54, 1.807) is 0 Å². The van der Waals surface area contributed by atoms with Crippen LogP contribution in [0, 0.1) is 0 Å². The number of Topliss-reactive ketones (excluding diaryl/α,β-unsaturated/α-hetero) is 1. The number of aliphatic hydroxyl groups excluding tert-OH is 1. The minimum absolute atomic E-state index is 0.313. The molecule has 0 aromatic heterocycles. The fraction of sp³-hybridized carbons (Fsp3) is 0.821. The van der Waals surface area contributed by atoms with E-state index in [2.05, 4.69) is 31.2 Å². The molecular weight excluding hydrogens is 368 g/mol. The molecule has 0 saturated carbocycles. The maximum atomic E-state index is 11.9. The normalized spacial score (nSPS) is 11.8. The van der Waals surface area contributed by atoms with Crippen LogP contribution in [0.25, 0.3) is 0 Å². The monoisotopic (exact) mass is 420 g/mol. The second-order valence-corrected chi connectivity index (χ2v) is 8.82. The van der Waals surface area contributed by atoms with Gasteiger partial charge in [-0.3, -0.25) is 4.79 Å². The van der Waals surface area contributed by atoms with Gasteiger partial charge in [0.25, 0.3) is 0 Å². The van der Waals surface area contributed by atoms with Crippen molar-refractivity contribution in [3.63, 3.8) is 0 Å². The van der Waals surface area contributed by atoms with E-state index in [-0.39, 0.29) is 0 Å². The van der Waals surface area contributed by atoms with Gasteiger partial charge >= 0.3 is 0 Å². The SMILES string of the molecule is CCCCC/C=C\C/C=C\CCCCCCCCCC(=O)CCCCCCCCO. The Morgan fingerprint density at radius 2 is 1.00 bits per heavy atom. The van der Waals surface area contributed by atoms with Crippen molar-refractivity contribution < 1.29 is 9.90 Å². The number of carbonyl (C=O) groups excluding carboxylic acids is 1. The van der Waals surface area contributed by atoms with E-state index >= 15 is 0 Å². The lowest BCUT2D eigenvalue weighted by atomic mass is 10.0. The Kier molecular flexibility index (Phi) is 25.4. The fourth-order valence-electron chi connectivity index (χ4n) is 3.75. The second kappa shape index (κ2) is 26.1. The Morgan fingerprint density at radius 3 is 1.50 bits per heavy atom. The van der Waals surface area contributed by atoms with Gasteiger partial charge in [0.2, 0.25) is 0 Å². The highest BCUT2D eigenvalue weighted by atomic mass is 16.2. The zero-order valence-electron chi connectivity index (χ0n) is 20.2. The average Bonchev–Trinajstić information content (AvgIpc) is 2.75. The fourth-order valence-corrected chi connectivity index (χ4v) is 3.75. The minimum Gasteiger partial charge on any atom is -0.396 e. The van der Waals surface area contributed by atoms with Crippen LogP contribution in [0.1, 0.15) is 142 Å². The summed E-state index contributed by atoms with van der Waals surface area (Å²) in [7, 11) is 0. The van der Waals surface area contributed by atoms with E-state index in [9.17, 15) is 4.79 Å². The van der Waals surface area contributed by atoms with Crippen molar-refractivity contribution in [2.45, 2.75) is 142 Å². The maximum Gasteiger partial charge on any atom is 0.132 e. The number of carbonyl (C=O) groups is 1. The van der Waals surface area contributed by atoms with E-state index < -0.39 is 0 Å². The first-order valence-corrected chi connectivity index (χ1v) is 13.2. The minimum atomic E-state index is 0.313. The summed E-state index contributed by atoms with van der Waals surface area (Å²) in [5.41, 5.74) is 0. The van der Waals surface area contributed by atoms with Crippen molar-refractivity contribution in [1.29, 1.82) is 0 Å². The smallest absolute Gasteiger partial charge is 0.132 e. The maximum absolute atomic E-state index is 11.9. The van der Waals surface area contributed by atoms with Crippen molar-refractivity contribution in [3.8, 4) is 0 Å². The first-order valence-electron chi connectivity index (χ1n) is 13.2. The summed E-state index contributed by atoms with van der Waals surface area (Å²) in [6.07, 6.45) is 34.0. The topological polar surface area (TPSA) is 37.3 Å². The van der Waals surface area contributed by atoms with Crippen LogP contribution in [0.15, 0.2) is 24.3 Å². The van der Waals surface area contributed by atoms with Crippen LogP contribution in [-0.4, -0.2) is 17.5 Å². The molecule has 0 radical (unpaired) electrons. The molecule has 0 amide bonds. The molecule has 0 rings (SSSR count). The summed E-state index contributed by atoms with van der Waals surface area (Å²) in [4.78, 5) is 11.9. The van der Waals surface area contributed by atoms with Gasteiger partial charge in [-0.25, -0.2) is 0 Å². The molecule has 0 saturated heterocycles. The van der Waals surface area contributed by atoms with Gasteiger partial charge in [0, 0.05) is 19.4 Å². The third-order valence-corrected chi connectivity index (χ3v) is 5.77. The summed E-state index contributed by atoms with van der Waals surface area (Å²) in [6, 6.07) is 0. The van der Waals surface area contributed by atoms with Gasteiger partial charge in [-0.2, -0.15) is 0 Å². The largest absolute Gasteiger partial charge is 0.396 e. The summed E-state index contributed by atoms with van der Waals surface area (Å²) in [5.74, 6) is 0.466. The Morgan fingerprint density at radius 1 is 0.567 bits per heavy atom. The first-order chi connectivity index (χ1) is 14.8. The van der Waals surface area contributed by atoms with Crippen molar-refractivity contribution >= 4 is 5.78 Å². The molecule has 0 atom stereocenters. The Hall–Kier alpha value is -0.890. The molecule has 2 nitrogen and oxygen atoms in total. The van der Waals surface area contributed by atoms with Gasteiger partial charge < -0.3 is 5.11 Å². The molecule has 0 fully saturated rings. The second-order valence-electron chi connectivity index (χ2n) is 8.82. The molecule has 0 aromatic rings. The number of unbranched alkanes of at least 4 members (excludes halogenated alkanes) is 15. The number of hydrogen-bond acceptors (Lipinski definition) is 2. The lowest BCUT2D eigenvalue weighted by molar-refractivity contribution is -0.119. The van der Waals surface area contributed by atoms with Crippen molar-refractivity contribution in [1.82, 2.24) is 0 Å². The van der Waals surface area contributed by atoms with E-state index in [4.69, 9.17) is 5.11 Å². The van der Waals surface area contributed by atoms with Gasteiger partial charge in [-0.1, -0.05) is 102 Å². The van der Waals surface area contributed by atoms with Crippen molar-refractivity contribution in [2.75, 3.05) is 6.61 Å². The molecule has 0 unspecified atom stereocenters. The highest BCUT2D eigenvalue weighted by Gasteiger charge is 2.02. The third kappa shape index (κ3) is 25.1. The van der Waals surface area contributed by atoms with Crippen LogP contribution >= 0.6 is 0 Å². The number of rotatable bonds is 24. The number of allylic oxidation sites excluding steroid dienone is 4. The first kappa shape index (κ1) is 29.1. The predicted octanol–water partition coefficient (Wildman–Crippen LogP) is 8.87. The van der Waals surface area contributed by atoms with Crippen LogP contribution in [0.4, 0.5) is 0 Å². The molecule has 2 heteroatoms. The lowest BCUT2D eigenvalue weighted by Gasteiger charge is -2.03. The van der Waals surface area contributed by atoms with E-state index in [1.165, 1.54) is 89.9 Å². The molecule has 176 valence electrons. The van der Waals surface area contributed by atoms with E-state index in [0.717, 1.165) is 44.9 Å². The molecule has 0 bridgehead atoms. The average molecular weight is 421 g/mol. The van der Waals surface area contributed by atoms with Gasteiger partial charge in [-0.15, -0.1) is 0 Å². The lowest BCUT2D eigenvalue weighted by Crippen LogP contribution is -1.97. The van der Waals surface area contributed by atoms with Crippen LogP contribution in [0.2, 0.25) is 0 Å². The van der Waals surface area contributed by atoms with Crippen molar-refractivity contribution in [3.05, 3.63) is 24.3 Å². The van der Waals surface area contributed by atoms with Gasteiger partial charge in [0.05, 0.1) is 0 Å². The highest BCUT2D eigenvalue weighted by molar-refractivity contribution is 5.78. The summed E-state index contributed by atoms with van der Waals surface area (Å²) in [5, 5.41) is 8.73. The molecule has 0 heterocycles. The quantitative estimate of drug-likeness (QED) is 0.125. The van der Waals surface area contributed by atoms with Crippen LogP contribution in [0.3, 0.4) is 0 Å². The molecule has 0 aliphatic rings. The molecule has 0 aliphatic carbocycles. The summed E-state index contributed by atoms with van der Waals surface area (Å²) in [6.45, 7) is 2.57. The number of hydrogen-bond donors (Lipinski definition) is 1. The van der Waals surface area contributed by atoms with Crippen molar-refractivity contribution in [2.24, 2.45) is 0 Å². The van der Waals surface area contributed by atoms with Crippen LogP contribution < -0.4 is 0 Å². The number of ketones is 1. The third-order valence-electron chi connectivity index (χ3n) is 5.77. The van der Waals surface area contributed by atoms with E-state index in [1.807, 2.05) is 0 Å². The Balaban J connectivity index is 3.23. The van der Waals surface area contributed by atoms with E-state index in [0.29, 0.717) is 12.4 Å². The van der Waals surface area contributed by atoms with Gasteiger partial charge in [0.1, 0.15) is 5.78 Å². The standard InChI is InChI=1S/C28H52O2/c1-2-3-4-5-6-7-8-9-10-11-12-13-14-15-16-19-22-25-28(30)26-23-20-17-18-21-24-27-29/h6-7,9-10,29H,2-5,8,11-27H2,1H3/b7-6-,10-9-. The summed E-state index contributed by atoms with van der Waals surface area (Å²) < 4.78 is 0. The molecule has 1 N–H and O–H groups in total. The molecular formula is C28H52O2. The zero-order valence-corrected chi connectivity index (χ0v) is 20.2. The van der Waals surface area contributed by atoms with Gasteiger partial charge in [-0.05, 0) is 51.4 Å². The molecule has 0 aromatic carbocycles. The number of aliphatic hydroxyl groups is 1. The molecule has 30 heavy (non-hydrogen) atoms. The van der Waals surface area contributed by atoms with Crippen LogP contribution in [0.5, 0.6) is 0 Å². The molecule has 0 aliphatic heterocycles. The van der Waals surface area contributed by atoms with Gasteiger partial charge in [0.15, 0.2) is 0 Å². The Labute approximate surface area is 188 Å². The van der Waals surface area contributed by atoms with Crippen LogP contribution in [-0.2, 0) is 4.79 Å². The molecule has 0 spiro atoms. The predicted molar refractivity (Wildman–Crippen MR) is 133 cm³/mol. The zero-order chi connectivity index (χ0) is 22.0. The summed E-state index contributed by atoms with van der Waals surface area (Å²) >= 11 is 0. The Bertz CT molecular complexity index is 397.